The minimum absolute atomic E-state index is 0.00449. The van der Waals surface area contributed by atoms with Crippen molar-refractivity contribution in [2.75, 3.05) is 7.05 Å². The Bertz CT molecular complexity index is 596. The van der Waals surface area contributed by atoms with E-state index >= 15 is 0 Å². The molecule has 0 unspecified atom stereocenters. The molecule has 0 aliphatic rings. The molecule has 0 atom stereocenters. The van der Waals surface area contributed by atoms with Gasteiger partial charge in [-0.1, -0.05) is 6.07 Å². The van der Waals surface area contributed by atoms with Crippen LogP contribution in [-0.4, -0.2) is 16.6 Å². The number of aromatic nitrogens is 2. The van der Waals surface area contributed by atoms with Gasteiger partial charge in [0, 0.05) is 0 Å². The number of benzene rings is 1. The number of para-hydroxylation sites is 1. The number of rotatable bonds is 2. The van der Waals surface area contributed by atoms with Gasteiger partial charge in [-0.2, -0.15) is 0 Å². The Hall–Kier alpha value is -1.46. The fourth-order valence-electron chi connectivity index (χ4n) is 1.48. The van der Waals surface area contributed by atoms with Crippen molar-refractivity contribution in [1.29, 1.82) is 0 Å². The molecule has 1 aromatic carbocycles. The van der Waals surface area contributed by atoms with Gasteiger partial charge in [-0.25, -0.2) is 9.37 Å². The number of nitrogens with one attached hydrogen (secondary N) is 1. The molecular weight excluding hydrogens is 233 g/mol. The maximum Gasteiger partial charge on any atom is 0.263 e. The summed E-state index contributed by atoms with van der Waals surface area (Å²) in [6.07, 6.45) is 0. The molecule has 0 aliphatic carbocycles. The van der Waals surface area contributed by atoms with E-state index in [0.29, 0.717) is 0 Å². The monoisotopic (exact) mass is 241 g/mol. The molecule has 0 radical (unpaired) electrons. The van der Waals surface area contributed by atoms with E-state index in [1.54, 1.807) is 7.05 Å². The van der Waals surface area contributed by atoms with E-state index in [4.69, 9.17) is 11.6 Å². The van der Waals surface area contributed by atoms with Gasteiger partial charge in [0.1, 0.15) is 11.3 Å². The van der Waals surface area contributed by atoms with E-state index < -0.39 is 5.82 Å². The number of nitrogens with zero attached hydrogens (tertiary/aromatic N) is 2. The first-order valence-corrected chi connectivity index (χ1v) is 5.02. The summed E-state index contributed by atoms with van der Waals surface area (Å²) in [5.41, 5.74) is -0.353. The molecule has 0 bridgehead atoms. The first-order valence-electron chi connectivity index (χ1n) is 4.64. The van der Waals surface area contributed by atoms with Crippen LogP contribution in [-0.2, 0) is 6.67 Å². The molecule has 1 aromatic heterocycles. The largest absolute Gasteiger partial charge is 0.302 e. The molecule has 1 N–H and O–H groups in total. The average Bonchev–Trinajstić information content (AvgIpc) is 2.26. The van der Waals surface area contributed by atoms with Crippen LogP contribution in [0.3, 0.4) is 0 Å². The molecule has 1 heterocycles. The summed E-state index contributed by atoms with van der Waals surface area (Å²) >= 11 is 5.80. The van der Waals surface area contributed by atoms with Crippen molar-refractivity contribution in [2.45, 2.75) is 6.67 Å². The van der Waals surface area contributed by atoms with Crippen LogP contribution in [0, 0.1) is 5.82 Å². The Morgan fingerprint density at radius 1 is 1.56 bits per heavy atom. The van der Waals surface area contributed by atoms with Crippen LogP contribution in [0.15, 0.2) is 23.0 Å². The Kier molecular flexibility index (Phi) is 2.89. The minimum atomic E-state index is -0.548. The molecule has 4 nitrogen and oxygen atoms in total. The third-order valence-electron chi connectivity index (χ3n) is 2.21. The van der Waals surface area contributed by atoms with Crippen LogP contribution in [0.2, 0.25) is 5.28 Å². The third-order valence-corrected chi connectivity index (χ3v) is 2.49. The molecule has 0 saturated heterocycles. The second-order valence-corrected chi connectivity index (χ2v) is 3.60. The van der Waals surface area contributed by atoms with Gasteiger partial charge in [-0.3, -0.25) is 9.36 Å². The second kappa shape index (κ2) is 4.19. The van der Waals surface area contributed by atoms with Crippen LogP contribution in [0.5, 0.6) is 0 Å². The lowest BCUT2D eigenvalue weighted by atomic mass is 10.2. The molecule has 0 fully saturated rings. The maximum absolute atomic E-state index is 13.4. The summed E-state index contributed by atoms with van der Waals surface area (Å²) in [7, 11) is 1.68. The van der Waals surface area contributed by atoms with Gasteiger partial charge >= 0.3 is 0 Å². The van der Waals surface area contributed by atoms with Crippen LogP contribution < -0.4 is 10.9 Å². The van der Waals surface area contributed by atoms with Crippen molar-refractivity contribution < 1.29 is 4.39 Å². The average molecular weight is 242 g/mol. The Balaban J connectivity index is 2.84. The number of hydrogen-bond acceptors (Lipinski definition) is 3. The van der Waals surface area contributed by atoms with Crippen LogP contribution in [0.1, 0.15) is 0 Å². The number of hydrogen-bond donors (Lipinski definition) is 1. The van der Waals surface area contributed by atoms with Crippen LogP contribution in [0.4, 0.5) is 4.39 Å². The lowest BCUT2D eigenvalue weighted by molar-refractivity contribution is 0.590. The first kappa shape index (κ1) is 11.0. The summed E-state index contributed by atoms with van der Waals surface area (Å²) < 4.78 is 14.6. The number of fused-ring (bicyclic) bond motifs is 1. The van der Waals surface area contributed by atoms with Crippen LogP contribution in [0.25, 0.3) is 10.9 Å². The summed E-state index contributed by atoms with van der Waals surface area (Å²) in [5.74, 6) is -0.548. The van der Waals surface area contributed by atoms with E-state index in [2.05, 4.69) is 10.3 Å². The molecule has 0 amide bonds. The van der Waals surface area contributed by atoms with Crippen molar-refractivity contribution in [3.63, 3.8) is 0 Å². The lowest BCUT2D eigenvalue weighted by Gasteiger charge is -2.08. The minimum Gasteiger partial charge on any atom is -0.302 e. The highest BCUT2D eigenvalue weighted by Gasteiger charge is 2.11. The van der Waals surface area contributed by atoms with Gasteiger partial charge in [0.2, 0.25) is 5.28 Å². The zero-order valence-corrected chi connectivity index (χ0v) is 9.25. The molecular formula is C10H9ClFN3O. The van der Waals surface area contributed by atoms with E-state index in [1.807, 2.05) is 0 Å². The van der Waals surface area contributed by atoms with E-state index in [9.17, 15) is 9.18 Å². The highest BCUT2D eigenvalue weighted by molar-refractivity contribution is 6.28. The van der Waals surface area contributed by atoms with E-state index in [1.165, 1.54) is 22.8 Å². The number of halogens is 2. The topological polar surface area (TPSA) is 46.9 Å². The van der Waals surface area contributed by atoms with Crippen molar-refractivity contribution in [3.8, 4) is 0 Å². The van der Waals surface area contributed by atoms with Gasteiger partial charge in [-0.15, -0.1) is 0 Å². The summed E-state index contributed by atoms with van der Waals surface area (Å²) in [6.45, 7) is 0.233. The van der Waals surface area contributed by atoms with Crippen molar-refractivity contribution >= 4 is 22.5 Å². The van der Waals surface area contributed by atoms with Gasteiger partial charge in [0.25, 0.3) is 5.56 Å². The normalized spacial score (nSPS) is 10.9. The van der Waals surface area contributed by atoms with Crippen molar-refractivity contribution in [2.24, 2.45) is 0 Å². The predicted octanol–water partition coefficient (Wildman–Crippen LogP) is 1.37. The van der Waals surface area contributed by atoms with Gasteiger partial charge in [0.05, 0.1) is 12.1 Å². The van der Waals surface area contributed by atoms with Crippen LogP contribution >= 0.6 is 11.6 Å². The molecule has 0 saturated carbocycles. The van der Waals surface area contributed by atoms with E-state index in [-0.39, 0.29) is 28.4 Å². The maximum atomic E-state index is 13.4. The Morgan fingerprint density at radius 3 is 3.00 bits per heavy atom. The SMILES string of the molecule is CNCn1c(Cl)nc2c(F)cccc2c1=O. The standard InChI is InChI=1S/C10H9ClFN3O/c1-13-5-15-9(16)6-3-2-4-7(12)8(6)14-10(15)11/h2-4,13H,5H2,1H3. The molecule has 2 aromatic rings. The summed E-state index contributed by atoms with van der Waals surface area (Å²) in [4.78, 5) is 15.8. The molecule has 16 heavy (non-hydrogen) atoms. The fourth-order valence-corrected chi connectivity index (χ4v) is 1.70. The third kappa shape index (κ3) is 1.68. The molecule has 0 spiro atoms. The Morgan fingerprint density at radius 2 is 2.31 bits per heavy atom. The smallest absolute Gasteiger partial charge is 0.263 e. The first-order chi connectivity index (χ1) is 7.65. The van der Waals surface area contributed by atoms with Gasteiger partial charge in [0.15, 0.2) is 0 Å². The van der Waals surface area contributed by atoms with Crippen molar-refractivity contribution in [1.82, 2.24) is 14.9 Å². The fraction of sp³-hybridized carbons (Fsp3) is 0.200. The zero-order chi connectivity index (χ0) is 11.7. The highest BCUT2D eigenvalue weighted by Crippen LogP contribution is 2.14. The molecule has 0 aliphatic heterocycles. The summed E-state index contributed by atoms with van der Waals surface area (Å²) in [5, 5.41) is 2.98. The zero-order valence-electron chi connectivity index (χ0n) is 8.50. The predicted molar refractivity (Wildman–Crippen MR) is 60.0 cm³/mol. The second-order valence-electron chi connectivity index (χ2n) is 3.26. The lowest BCUT2D eigenvalue weighted by Crippen LogP contribution is -2.27. The van der Waals surface area contributed by atoms with Crippen molar-refractivity contribution in [3.05, 3.63) is 39.7 Å². The van der Waals surface area contributed by atoms with E-state index in [0.717, 1.165) is 0 Å². The quantitative estimate of drug-likeness (QED) is 0.808. The Labute approximate surface area is 95.7 Å². The summed E-state index contributed by atoms with van der Waals surface area (Å²) in [6, 6.07) is 4.24. The van der Waals surface area contributed by atoms with Gasteiger partial charge in [-0.05, 0) is 30.8 Å². The van der Waals surface area contributed by atoms with Gasteiger partial charge < -0.3 is 5.32 Å². The molecule has 2 rings (SSSR count). The highest BCUT2D eigenvalue weighted by atomic mass is 35.5. The molecule has 84 valence electrons. The molecule has 6 heteroatoms.